The lowest BCUT2D eigenvalue weighted by Gasteiger charge is -2.11. The Morgan fingerprint density at radius 1 is 1.06 bits per heavy atom. The van der Waals surface area contributed by atoms with Crippen LogP contribution in [-0.2, 0) is 0 Å². The molecule has 5 rings (SSSR count). The van der Waals surface area contributed by atoms with Crippen LogP contribution >= 0.6 is 0 Å². The van der Waals surface area contributed by atoms with Gasteiger partial charge in [0, 0.05) is 52.4 Å². The van der Waals surface area contributed by atoms with E-state index in [1.54, 1.807) is 35.4 Å². The van der Waals surface area contributed by atoms with Gasteiger partial charge in [-0.25, -0.2) is 8.91 Å². The number of hydrogen-bond donors (Lipinski definition) is 2. The first-order valence-corrected chi connectivity index (χ1v) is 9.71. The SMILES string of the molecule is Cc1cc(-c2c(-c3cn[nH]c3)ccn3nc(Nc4ccnc(C)c4C)nc23)c(F)cn1. The smallest absolute Gasteiger partial charge is 0.247 e. The maximum Gasteiger partial charge on any atom is 0.247 e. The van der Waals surface area contributed by atoms with Crippen LogP contribution in [0.4, 0.5) is 16.0 Å². The second kappa shape index (κ2) is 7.28. The van der Waals surface area contributed by atoms with Gasteiger partial charge in [-0.1, -0.05) is 0 Å². The van der Waals surface area contributed by atoms with Crippen molar-refractivity contribution in [2.75, 3.05) is 5.32 Å². The number of H-pyrrole nitrogens is 1. The van der Waals surface area contributed by atoms with Gasteiger partial charge in [-0.05, 0) is 50.1 Å². The molecule has 0 saturated heterocycles. The number of aryl methyl sites for hydroxylation is 2. The summed E-state index contributed by atoms with van der Waals surface area (Å²) >= 11 is 0. The maximum atomic E-state index is 14.9. The molecule has 0 aromatic carbocycles. The molecule has 0 atom stereocenters. The van der Waals surface area contributed by atoms with E-state index in [2.05, 4.69) is 30.6 Å². The van der Waals surface area contributed by atoms with Crippen LogP contribution in [0.25, 0.3) is 27.9 Å². The summed E-state index contributed by atoms with van der Waals surface area (Å²) in [6.07, 6.45) is 8.22. The lowest BCUT2D eigenvalue weighted by molar-refractivity contribution is 0.624. The van der Waals surface area contributed by atoms with Gasteiger partial charge in [0.05, 0.1) is 12.4 Å². The van der Waals surface area contributed by atoms with E-state index in [9.17, 15) is 4.39 Å². The van der Waals surface area contributed by atoms with Gasteiger partial charge in [0.2, 0.25) is 5.95 Å². The van der Waals surface area contributed by atoms with Crippen molar-refractivity contribution in [1.29, 1.82) is 0 Å². The molecule has 5 aromatic rings. The van der Waals surface area contributed by atoms with Gasteiger partial charge >= 0.3 is 0 Å². The highest BCUT2D eigenvalue weighted by Crippen LogP contribution is 2.36. The number of aromatic nitrogens is 7. The summed E-state index contributed by atoms with van der Waals surface area (Å²) in [6.45, 7) is 5.76. The molecule has 0 saturated carbocycles. The van der Waals surface area contributed by atoms with Crippen molar-refractivity contribution in [3.63, 3.8) is 0 Å². The Hall–Kier alpha value is -4.14. The van der Waals surface area contributed by atoms with Crippen LogP contribution < -0.4 is 5.32 Å². The third kappa shape index (κ3) is 3.29. The lowest BCUT2D eigenvalue weighted by Crippen LogP contribution is -1.98. The van der Waals surface area contributed by atoms with Crippen molar-refractivity contribution in [2.45, 2.75) is 20.8 Å². The molecule has 154 valence electrons. The summed E-state index contributed by atoms with van der Waals surface area (Å²) in [5.41, 5.74) is 6.67. The molecular formula is C22H19FN8. The number of pyridine rings is 3. The van der Waals surface area contributed by atoms with E-state index < -0.39 is 5.82 Å². The molecule has 0 radical (unpaired) electrons. The number of nitrogens with one attached hydrogen (secondary N) is 2. The third-order valence-electron chi connectivity index (χ3n) is 5.28. The summed E-state index contributed by atoms with van der Waals surface area (Å²) in [4.78, 5) is 13.1. The molecule has 0 aliphatic heterocycles. The number of hydrogen-bond acceptors (Lipinski definition) is 6. The highest BCUT2D eigenvalue weighted by Gasteiger charge is 2.20. The predicted octanol–water partition coefficient (Wildman–Crippen LogP) is 4.38. The van der Waals surface area contributed by atoms with Crippen LogP contribution in [0.1, 0.15) is 17.0 Å². The van der Waals surface area contributed by atoms with Crippen molar-refractivity contribution in [1.82, 2.24) is 34.8 Å². The Morgan fingerprint density at radius 2 is 1.94 bits per heavy atom. The Balaban J connectivity index is 1.73. The first-order valence-electron chi connectivity index (χ1n) is 9.71. The van der Waals surface area contributed by atoms with Crippen LogP contribution in [0.2, 0.25) is 0 Å². The predicted molar refractivity (Wildman–Crippen MR) is 115 cm³/mol. The maximum absolute atomic E-state index is 14.9. The summed E-state index contributed by atoms with van der Waals surface area (Å²) in [6, 6.07) is 5.47. The standard InChI is InChI=1S/C22H19FN8/c1-12-8-17(18(23)11-25-12)20-16(15-9-26-27-10-15)5-7-31-21(20)29-22(30-31)28-19-4-6-24-14(3)13(19)2/h4-11H,1-3H3,(H,26,27)(H,24,28,30). The average molecular weight is 414 g/mol. The monoisotopic (exact) mass is 414 g/mol. The molecule has 31 heavy (non-hydrogen) atoms. The van der Waals surface area contributed by atoms with Crippen LogP contribution in [0.3, 0.4) is 0 Å². The summed E-state index contributed by atoms with van der Waals surface area (Å²) in [7, 11) is 0. The normalized spacial score (nSPS) is 11.2. The molecule has 8 nitrogen and oxygen atoms in total. The number of fused-ring (bicyclic) bond motifs is 1. The van der Waals surface area contributed by atoms with Crippen molar-refractivity contribution in [3.8, 4) is 22.3 Å². The molecule has 2 N–H and O–H groups in total. The second-order valence-electron chi connectivity index (χ2n) is 7.29. The van der Waals surface area contributed by atoms with Crippen LogP contribution in [0, 0.1) is 26.6 Å². The molecule has 0 unspecified atom stereocenters. The molecule has 0 spiro atoms. The number of anilines is 2. The Labute approximate surface area is 177 Å². The highest BCUT2D eigenvalue weighted by molar-refractivity contribution is 5.92. The van der Waals surface area contributed by atoms with Gasteiger partial charge in [-0.2, -0.15) is 10.1 Å². The molecule has 0 amide bonds. The van der Waals surface area contributed by atoms with E-state index in [-0.39, 0.29) is 0 Å². The van der Waals surface area contributed by atoms with Crippen molar-refractivity contribution >= 4 is 17.3 Å². The zero-order valence-corrected chi connectivity index (χ0v) is 17.2. The summed E-state index contributed by atoms with van der Waals surface area (Å²) < 4.78 is 16.5. The van der Waals surface area contributed by atoms with E-state index in [1.165, 1.54) is 6.20 Å². The van der Waals surface area contributed by atoms with Gasteiger partial charge in [-0.3, -0.25) is 15.1 Å². The Bertz CT molecular complexity index is 1410. The van der Waals surface area contributed by atoms with Crippen LogP contribution in [-0.4, -0.2) is 34.8 Å². The van der Waals surface area contributed by atoms with E-state index in [0.717, 1.165) is 28.1 Å². The minimum Gasteiger partial charge on any atom is -0.323 e. The number of nitrogens with zero attached hydrogens (tertiary/aromatic N) is 6. The Morgan fingerprint density at radius 3 is 2.74 bits per heavy atom. The fourth-order valence-electron chi connectivity index (χ4n) is 3.53. The van der Waals surface area contributed by atoms with E-state index in [1.807, 2.05) is 32.9 Å². The van der Waals surface area contributed by atoms with Crippen LogP contribution in [0.5, 0.6) is 0 Å². The molecule has 9 heteroatoms. The van der Waals surface area contributed by atoms with Crippen LogP contribution in [0.15, 0.2) is 49.2 Å². The molecule has 5 heterocycles. The first-order chi connectivity index (χ1) is 15.0. The minimum absolute atomic E-state index is 0.407. The zero-order valence-electron chi connectivity index (χ0n) is 17.2. The molecule has 5 aromatic heterocycles. The first kappa shape index (κ1) is 18.9. The molecule has 0 fully saturated rings. The number of rotatable bonds is 4. The molecule has 0 aliphatic rings. The van der Waals surface area contributed by atoms with Crippen molar-refractivity contribution in [3.05, 3.63) is 72.0 Å². The van der Waals surface area contributed by atoms with E-state index in [4.69, 9.17) is 4.98 Å². The molecule has 0 bridgehead atoms. The number of aromatic amines is 1. The minimum atomic E-state index is -0.429. The van der Waals surface area contributed by atoms with Gasteiger partial charge in [-0.15, -0.1) is 5.10 Å². The van der Waals surface area contributed by atoms with E-state index >= 15 is 0 Å². The van der Waals surface area contributed by atoms with E-state index in [0.29, 0.717) is 28.4 Å². The van der Waals surface area contributed by atoms with Crippen molar-refractivity contribution in [2.24, 2.45) is 0 Å². The third-order valence-corrected chi connectivity index (χ3v) is 5.28. The van der Waals surface area contributed by atoms with Crippen molar-refractivity contribution < 1.29 is 4.39 Å². The number of halogens is 1. The average Bonchev–Trinajstić information content (AvgIpc) is 3.42. The fraction of sp³-hybridized carbons (Fsp3) is 0.136. The highest BCUT2D eigenvalue weighted by atomic mass is 19.1. The van der Waals surface area contributed by atoms with Gasteiger partial charge in [0.15, 0.2) is 5.65 Å². The second-order valence-corrected chi connectivity index (χ2v) is 7.29. The summed E-state index contributed by atoms with van der Waals surface area (Å²) in [5.74, 6) is -0.0213. The van der Waals surface area contributed by atoms with Gasteiger partial charge in [0.25, 0.3) is 0 Å². The van der Waals surface area contributed by atoms with Gasteiger partial charge in [0.1, 0.15) is 5.82 Å². The lowest BCUT2D eigenvalue weighted by atomic mass is 9.97. The quantitative estimate of drug-likeness (QED) is 0.453. The largest absolute Gasteiger partial charge is 0.323 e. The summed E-state index contributed by atoms with van der Waals surface area (Å²) in [5, 5.41) is 14.7. The topological polar surface area (TPSA) is 96.7 Å². The molecule has 0 aliphatic carbocycles. The fourth-order valence-corrected chi connectivity index (χ4v) is 3.53. The zero-order chi connectivity index (χ0) is 21.5. The molecular weight excluding hydrogens is 395 g/mol. The van der Waals surface area contributed by atoms with Gasteiger partial charge < -0.3 is 5.32 Å². The Kier molecular flexibility index (Phi) is 4.43.